The van der Waals surface area contributed by atoms with Gasteiger partial charge in [-0.15, -0.1) is 11.6 Å². The topological polar surface area (TPSA) is 0 Å². The Balaban J connectivity index is 1.80. The van der Waals surface area contributed by atoms with Gasteiger partial charge in [-0.3, -0.25) is 0 Å². The third-order valence-electron chi connectivity index (χ3n) is 2.22. The number of rotatable bonds is 4. The van der Waals surface area contributed by atoms with Crippen molar-refractivity contribution in [3.05, 3.63) is 0 Å². The zero-order valence-electron chi connectivity index (χ0n) is 5.91. The van der Waals surface area contributed by atoms with Gasteiger partial charge in [0.15, 0.2) is 0 Å². The lowest BCUT2D eigenvalue weighted by Gasteiger charge is -2.24. The first-order valence-corrected chi connectivity index (χ1v) is 4.53. The maximum absolute atomic E-state index is 5.55. The van der Waals surface area contributed by atoms with E-state index < -0.39 is 0 Å². The summed E-state index contributed by atoms with van der Waals surface area (Å²) in [6.07, 6.45) is 8.47. The molecule has 0 bridgehead atoms. The van der Waals surface area contributed by atoms with Crippen LogP contribution in [0.15, 0.2) is 0 Å². The Morgan fingerprint density at radius 2 is 2.00 bits per heavy atom. The largest absolute Gasteiger partial charge is 0.127 e. The number of unbranched alkanes of at least 4 members (excludes halogenated alkanes) is 1. The molecule has 0 aromatic heterocycles. The van der Waals surface area contributed by atoms with Crippen LogP contribution in [-0.2, 0) is 0 Å². The summed E-state index contributed by atoms with van der Waals surface area (Å²) in [4.78, 5) is 0. The lowest BCUT2D eigenvalue weighted by molar-refractivity contribution is 0.289. The Labute approximate surface area is 62.6 Å². The van der Waals surface area contributed by atoms with Crippen molar-refractivity contribution in [2.45, 2.75) is 38.5 Å². The zero-order chi connectivity index (χ0) is 6.53. The highest BCUT2D eigenvalue weighted by Crippen LogP contribution is 2.30. The van der Waals surface area contributed by atoms with Gasteiger partial charge in [0.1, 0.15) is 0 Å². The highest BCUT2D eigenvalue weighted by Gasteiger charge is 2.15. The first kappa shape index (κ1) is 7.40. The van der Waals surface area contributed by atoms with E-state index >= 15 is 0 Å². The Kier molecular flexibility index (Phi) is 3.42. The molecule has 0 aromatic carbocycles. The van der Waals surface area contributed by atoms with E-state index in [1.165, 1.54) is 38.5 Å². The quantitative estimate of drug-likeness (QED) is 0.422. The molecule has 0 saturated heterocycles. The molecule has 1 heteroatoms. The molecule has 0 atom stereocenters. The van der Waals surface area contributed by atoms with Gasteiger partial charge < -0.3 is 0 Å². The summed E-state index contributed by atoms with van der Waals surface area (Å²) in [5.74, 6) is 1.93. The summed E-state index contributed by atoms with van der Waals surface area (Å²) in [5.41, 5.74) is 0. The van der Waals surface area contributed by atoms with Crippen LogP contribution < -0.4 is 0 Å². The molecular weight excluding hydrogens is 132 g/mol. The lowest BCUT2D eigenvalue weighted by atomic mass is 9.82. The van der Waals surface area contributed by atoms with Crippen molar-refractivity contribution in [1.82, 2.24) is 0 Å². The molecule has 0 nitrogen and oxygen atoms in total. The minimum atomic E-state index is 0.854. The first-order valence-electron chi connectivity index (χ1n) is 3.99. The summed E-state index contributed by atoms with van der Waals surface area (Å²) < 4.78 is 0. The Hall–Kier alpha value is 0.290. The van der Waals surface area contributed by atoms with Crippen molar-refractivity contribution >= 4 is 11.6 Å². The van der Waals surface area contributed by atoms with E-state index in [9.17, 15) is 0 Å². The van der Waals surface area contributed by atoms with Gasteiger partial charge >= 0.3 is 0 Å². The Morgan fingerprint density at radius 1 is 1.22 bits per heavy atom. The van der Waals surface area contributed by atoms with Gasteiger partial charge in [-0.05, 0) is 12.3 Å². The van der Waals surface area contributed by atoms with Gasteiger partial charge in [0.2, 0.25) is 0 Å². The van der Waals surface area contributed by atoms with Gasteiger partial charge in [0.25, 0.3) is 0 Å². The third-order valence-corrected chi connectivity index (χ3v) is 2.49. The standard InChI is InChI=1S/C8H15Cl/c9-7-2-1-4-8-5-3-6-8/h8H,1-7H2. The second kappa shape index (κ2) is 4.16. The molecule has 1 saturated carbocycles. The normalized spacial score (nSPS) is 19.7. The van der Waals surface area contributed by atoms with Crippen LogP contribution in [0, 0.1) is 5.92 Å². The fourth-order valence-electron chi connectivity index (χ4n) is 1.31. The molecule has 9 heavy (non-hydrogen) atoms. The second-order valence-corrected chi connectivity index (χ2v) is 3.36. The number of hydrogen-bond acceptors (Lipinski definition) is 0. The van der Waals surface area contributed by atoms with E-state index in [-0.39, 0.29) is 0 Å². The highest BCUT2D eigenvalue weighted by atomic mass is 35.5. The zero-order valence-corrected chi connectivity index (χ0v) is 6.66. The molecule has 0 amide bonds. The van der Waals surface area contributed by atoms with E-state index in [0.717, 1.165) is 11.8 Å². The van der Waals surface area contributed by atoms with Crippen molar-refractivity contribution < 1.29 is 0 Å². The van der Waals surface area contributed by atoms with Crippen LogP contribution in [-0.4, -0.2) is 5.88 Å². The van der Waals surface area contributed by atoms with Crippen molar-refractivity contribution in [2.75, 3.05) is 5.88 Å². The molecule has 54 valence electrons. The van der Waals surface area contributed by atoms with Crippen LogP contribution in [0.2, 0.25) is 0 Å². The molecule has 1 fully saturated rings. The molecule has 0 aliphatic heterocycles. The summed E-state index contributed by atoms with van der Waals surface area (Å²) in [7, 11) is 0. The maximum Gasteiger partial charge on any atom is 0.0223 e. The Bertz CT molecular complexity index is 67.0. The molecule has 1 rings (SSSR count). The van der Waals surface area contributed by atoms with Crippen molar-refractivity contribution in [1.29, 1.82) is 0 Å². The molecule has 0 spiro atoms. The number of hydrogen-bond donors (Lipinski definition) is 0. The summed E-state index contributed by atoms with van der Waals surface area (Å²) in [6.45, 7) is 0. The monoisotopic (exact) mass is 146 g/mol. The highest BCUT2D eigenvalue weighted by molar-refractivity contribution is 6.17. The van der Waals surface area contributed by atoms with E-state index in [2.05, 4.69) is 0 Å². The number of alkyl halides is 1. The van der Waals surface area contributed by atoms with E-state index in [0.29, 0.717) is 0 Å². The molecule has 1 aliphatic carbocycles. The summed E-state index contributed by atoms with van der Waals surface area (Å²) in [5, 5.41) is 0. The average Bonchev–Trinajstić information content (AvgIpc) is 1.76. The second-order valence-electron chi connectivity index (χ2n) is 2.98. The smallest absolute Gasteiger partial charge is 0.0223 e. The van der Waals surface area contributed by atoms with E-state index in [1.807, 2.05) is 0 Å². The average molecular weight is 147 g/mol. The van der Waals surface area contributed by atoms with Crippen LogP contribution in [0.1, 0.15) is 38.5 Å². The van der Waals surface area contributed by atoms with Crippen LogP contribution in [0.3, 0.4) is 0 Å². The first-order chi connectivity index (χ1) is 4.43. The van der Waals surface area contributed by atoms with Gasteiger partial charge in [0, 0.05) is 5.88 Å². The molecule has 0 radical (unpaired) electrons. The minimum Gasteiger partial charge on any atom is -0.127 e. The predicted octanol–water partition coefficient (Wildman–Crippen LogP) is 3.20. The molecule has 1 aliphatic rings. The van der Waals surface area contributed by atoms with Crippen LogP contribution in [0.5, 0.6) is 0 Å². The van der Waals surface area contributed by atoms with E-state index in [1.54, 1.807) is 0 Å². The molecule has 0 heterocycles. The van der Waals surface area contributed by atoms with Crippen molar-refractivity contribution in [2.24, 2.45) is 5.92 Å². The lowest BCUT2D eigenvalue weighted by Crippen LogP contribution is -2.10. The van der Waals surface area contributed by atoms with Crippen molar-refractivity contribution in [3.8, 4) is 0 Å². The van der Waals surface area contributed by atoms with Crippen LogP contribution in [0.25, 0.3) is 0 Å². The van der Waals surface area contributed by atoms with Gasteiger partial charge in [0.05, 0.1) is 0 Å². The SMILES string of the molecule is ClCCCCC1CCC1. The van der Waals surface area contributed by atoms with Crippen LogP contribution in [0.4, 0.5) is 0 Å². The summed E-state index contributed by atoms with van der Waals surface area (Å²) >= 11 is 5.55. The van der Waals surface area contributed by atoms with Gasteiger partial charge in [-0.2, -0.15) is 0 Å². The van der Waals surface area contributed by atoms with Gasteiger partial charge in [-0.25, -0.2) is 0 Å². The van der Waals surface area contributed by atoms with Crippen molar-refractivity contribution in [3.63, 3.8) is 0 Å². The molecule has 0 unspecified atom stereocenters. The molecular formula is C8H15Cl. The fraction of sp³-hybridized carbons (Fsp3) is 1.00. The third kappa shape index (κ3) is 2.57. The fourth-order valence-corrected chi connectivity index (χ4v) is 1.50. The summed E-state index contributed by atoms with van der Waals surface area (Å²) in [6, 6.07) is 0. The predicted molar refractivity (Wildman–Crippen MR) is 41.9 cm³/mol. The molecule has 0 aromatic rings. The molecule has 0 N–H and O–H groups in total. The van der Waals surface area contributed by atoms with Crippen LogP contribution >= 0.6 is 11.6 Å². The minimum absolute atomic E-state index is 0.854. The Morgan fingerprint density at radius 3 is 2.44 bits per heavy atom. The van der Waals surface area contributed by atoms with Gasteiger partial charge in [-0.1, -0.05) is 32.1 Å². The maximum atomic E-state index is 5.55. The van der Waals surface area contributed by atoms with E-state index in [4.69, 9.17) is 11.6 Å². The number of halogens is 1.